The first-order valence-electron chi connectivity index (χ1n) is 6.87. The normalized spacial score (nSPS) is 19.6. The maximum atomic E-state index is 12.1. The fourth-order valence-corrected chi connectivity index (χ4v) is 2.36. The van der Waals surface area contributed by atoms with E-state index in [0.29, 0.717) is 22.6 Å². The zero-order valence-electron chi connectivity index (χ0n) is 12.3. The van der Waals surface area contributed by atoms with E-state index < -0.39 is 11.8 Å². The third-order valence-corrected chi connectivity index (χ3v) is 3.43. The lowest BCUT2D eigenvalue weighted by atomic mass is 10.0. The highest BCUT2D eigenvalue weighted by Crippen LogP contribution is 2.37. The second-order valence-corrected chi connectivity index (χ2v) is 5.19. The molecule has 5 nitrogen and oxygen atoms in total. The van der Waals surface area contributed by atoms with E-state index in [4.69, 9.17) is 9.47 Å². The number of cyclic esters (lactones) is 1. The summed E-state index contributed by atoms with van der Waals surface area (Å²) in [5, 5.41) is 2.68. The van der Waals surface area contributed by atoms with Crippen molar-refractivity contribution in [1.82, 2.24) is 0 Å². The van der Waals surface area contributed by atoms with E-state index in [1.807, 2.05) is 0 Å². The number of carbonyl (C=O) groups is 2. The van der Waals surface area contributed by atoms with E-state index in [2.05, 4.69) is 5.32 Å². The van der Waals surface area contributed by atoms with Crippen LogP contribution < -0.4 is 10.1 Å². The van der Waals surface area contributed by atoms with Gasteiger partial charge in [0.1, 0.15) is 11.3 Å². The molecule has 1 atom stereocenters. The maximum absolute atomic E-state index is 12.1. The molecule has 1 unspecified atom stereocenters. The van der Waals surface area contributed by atoms with Crippen LogP contribution >= 0.6 is 0 Å². The van der Waals surface area contributed by atoms with Crippen LogP contribution in [0.15, 0.2) is 48.5 Å². The highest BCUT2D eigenvalue weighted by molar-refractivity contribution is 5.93. The number of para-hydroxylation sites is 1. The predicted octanol–water partition coefficient (Wildman–Crippen LogP) is 3.07. The molecule has 0 radical (unpaired) electrons. The van der Waals surface area contributed by atoms with Gasteiger partial charge in [0.2, 0.25) is 5.91 Å². The van der Waals surface area contributed by atoms with Crippen LogP contribution in [-0.4, -0.2) is 11.9 Å². The molecule has 0 saturated heterocycles. The first kappa shape index (κ1) is 14.1. The van der Waals surface area contributed by atoms with Crippen LogP contribution in [0.25, 0.3) is 0 Å². The maximum Gasteiger partial charge on any atom is 0.345 e. The van der Waals surface area contributed by atoms with Gasteiger partial charge >= 0.3 is 5.97 Å². The van der Waals surface area contributed by atoms with E-state index >= 15 is 0 Å². The van der Waals surface area contributed by atoms with Crippen molar-refractivity contribution < 1.29 is 19.1 Å². The Hall–Kier alpha value is -2.82. The summed E-state index contributed by atoms with van der Waals surface area (Å²) >= 11 is 0. The van der Waals surface area contributed by atoms with E-state index in [-0.39, 0.29) is 5.91 Å². The number of benzene rings is 2. The lowest BCUT2D eigenvalue weighted by Gasteiger charge is -2.35. The minimum atomic E-state index is -1.19. The Labute approximate surface area is 127 Å². The Morgan fingerprint density at radius 1 is 1.05 bits per heavy atom. The predicted molar refractivity (Wildman–Crippen MR) is 80.6 cm³/mol. The van der Waals surface area contributed by atoms with Crippen LogP contribution in [-0.2, 0) is 15.3 Å². The Balaban J connectivity index is 1.91. The van der Waals surface area contributed by atoms with Crippen LogP contribution in [0.5, 0.6) is 5.75 Å². The highest BCUT2D eigenvalue weighted by atomic mass is 16.7. The van der Waals surface area contributed by atoms with Gasteiger partial charge in [0, 0.05) is 25.1 Å². The lowest BCUT2D eigenvalue weighted by Crippen LogP contribution is -2.39. The topological polar surface area (TPSA) is 64.6 Å². The third kappa shape index (κ3) is 2.53. The minimum Gasteiger partial charge on any atom is -0.447 e. The second-order valence-electron chi connectivity index (χ2n) is 5.19. The second kappa shape index (κ2) is 5.18. The molecular weight excluding hydrogens is 282 g/mol. The summed E-state index contributed by atoms with van der Waals surface area (Å²) in [4.78, 5) is 23.2. The van der Waals surface area contributed by atoms with E-state index in [0.717, 1.165) is 0 Å². The van der Waals surface area contributed by atoms with Gasteiger partial charge < -0.3 is 14.8 Å². The number of amides is 1. The Morgan fingerprint density at radius 3 is 2.41 bits per heavy atom. The van der Waals surface area contributed by atoms with Gasteiger partial charge in [-0.15, -0.1) is 0 Å². The molecule has 1 amide bonds. The Kier molecular flexibility index (Phi) is 3.33. The van der Waals surface area contributed by atoms with Crippen LogP contribution in [0.2, 0.25) is 0 Å². The summed E-state index contributed by atoms with van der Waals surface area (Å²) in [6, 6.07) is 13.9. The number of rotatable bonds is 2. The zero-order valence-corrected chi connectivity index (χ0v) is 12.3. The zero-order chi connectivity index (χ0) is 15.7. The first-order chi connectivity index (χ1) is 10.5. The van der Waals surface area contributed by atoms with Crippen molar-refractivity contribution in [2.45, 2.75) is 19.6 Å². The Morgan fingerprint density at radius 2 is 1.73 bits per heavy atom. The van der Waals surface area contributed by atoms with Crippen LogP contribution in [0.1, 0.15) is 29.8 Å². The average molecular weight is 297 g/mol. The van der Waals surface area contributed by atoms with Gasteiger partial charge in [-0.2, -0.15) is 0 Å². The van der Waals surface area contributed by atoms with Crippen molar-refractivity contribution in [3.8, 4) is 5.75 Å². The summed E-state index contributed by atoms with van der Waals surface area (Å²) in [7, 11) is 0. The SMILES string of the molecule is CC(=O)Nc1ccc(C2(C)OC(=O)c3ccccc3O2)cc1. The molecule has 22 heavy (non-hydrogen) atoms. The molecule has 3 rings (SSSR count). The summed E-state index contributed by atoms with van der Waals surface area (Å²) in [6.45, 7) is 3.13. The van der Waals surface area contributed by atoms with Crippen LogP contribution in [0.3, 0.4) is 0 Å². The molecule has 0 saturated carbocycles. The molecule has 1 heterocycles. The number of anilines is 1. The summed E-state index contributed by atoms with van der Waals surface area (Å²) < 4.78 is 11.3. The molecule has 1 aliphatic heterocycles. The molecule has 0 bridgehead atoms. The molecule has 1 aliphatic rings. The largest absolute Gasteiger partial charge is 0.447 e. The van der Waals surface area contributed by atoms with Gasteiger partial charge in [0.15, 0.2) is 0 Å². The molecule has 0 fully saturated rings. The highest BCUT2D eigenvalue weighted by Gasteiger charge is 2.39. The van der Waals surface area contributed by atoms with Crippen molar-refractivity contribution in [3.05, 3.63) is 59.7 Å². The Bertz CT molecular complexity index is 739. The number of fused-ring (bicyclic) bond motifs is 1. The molecule has 0 aliphatic carbocycles. The molecule has 1 N–H and O–H groups in total. The number of nitrogens with one attached hydrogen (secondary N) is 1. The number of esters is 1. The fourth-order valence-electron chi connectivity index (χ4n) is 2.36. The number of hydrogen-bond donors (Lipinski definition) is 1. The molecule has 0 spiro atoms. The van der Waals surface area contributed by atoms with Crippen molar-refractivity contribution in [2.24, 2.45) is 0 Å². The van der Waals surface area contributed by atoms with Gasteiger partial charge in [0.05, 0.1) is 0 Å². The molecule has 5 heteroatoms. The third-order valence-electron chi connectivity index (χ3n) is 3.43. The number of hydrogen-bond acceptors (Lipinski definition) is 4. The number of carbonyl (C=O) groups excluding carboxylic acids is 2. The van der Waals surface area contributed by atoms with E-state index in [1.165, 1.54) is 6.92 Å². The van der Waals surface area contributed by atoms with Gasteiger partial charge in [-0.1, -0.05) is 12.1 Å². The monoisotopic (exact) mass is 297 g/mol. The van der Waals surface area contributed by atoms with Gasteiger partial charge in [0.25, 0.3) is 5.79 Å². The van der Waals surface area contributed by atoms with Gasteiger partial charge in [-0.3, -0.25) is 4.79 Å². The summed E-state index contributed by atoms with van der Waals surface area (Å²) in [5.41, 5.74) is 1.77. The first-order valence-corrected chi connectivity index (χ1v) is 6.87. The smallest absolute Gasteiger partial charge is 0.345 e. The molecule has 2 aromatic carbocycles. The molecule has 2 aromatic rings. The molecule has 0 aromatic heterocycles. The van der Waals surface area contributed by atoms with E-state index in [9.17, 15) is 9.59 Å². The summed E-state index contributed by atoms with van der Waals surface area (Å²) in [5.74, 6) is -1.27. The fraction of sp³-hybridized carbons (Fsp3) is 0.176. The molecule has 112 valence electrons. The van der Waals surface area contributed by atoms with Crippen molar-refractivity contribution >= 4 is 17.6 Å². The lowest BCUT2D eigenvalue weighted by molar-refractivity contribution is -0.148. The van der Waals surface area contributed by atoms with Crippen molar-refractivity contribution in [3.63, 3.8) is 0 Å². The van der Waals surface area contributed by atoms with Gasteiger partial charge in [-0.05, 0) is 36.4 Å². The molecular formula is C17H15NO4. The van der Waals surface area contributed by atoms with Gasteiger partial charge in [-0.25, -0.2) is 4.79 Å². The van der Waals surface area contributed by atoms with Crippen LogP contribution in [0, 0.1) is 0 Å². The average Bonchev–Trinajstić information content (AvgIpc) is 2.47. The van der Waals surface area contributed by atoms with E-state index in [1.54, 1.807) is 55.5 Å². The quantitative estimate of drug-likeness (QED) is 0.865. The number of ether oxygens (including phenoxy) is 2. The van der Waals surface area contributed by atoms with Crippen molar-refractivity contribution in [1.29, 1.82) is 0 Å². The van der Waals surface area contributed by atoms with Crippen molar-refractivity contribution in [2.75, 3.05) is 5.32 Å². The minimum absolute atomic E-state index is 0.145. The standard InChI is InChI=1S/C17H15NO4/c1-11(19)18-13-9-7-12(8-10-13)17(2)21-15-6-4-3-5-14(15)16(20)22-17/h3-10H,1-2H3,(H,18,19). The van der Waals surface area contributed by atoms with Crippen LogP contribution in [0.4, 0.5) is 5.69 Å². The summed E-state index contributed by atoms with van der Waals surface area (Å²) in [6.07, 6.45) is 0.